The number of hydrogen-bond acceptors (Lipinski definition) is 3. The fraction of sp³-hybridized carbons (Fsp3) is 0.364. The molecule has 0 aliphatic carbocycles. The van der Waals surface area contributed by atoms with Gasteiger partial charge in [-0.25, -0.2) is 13.1 Å². The van der Waals surface area contributed by atoms with Gasteiger partial charge in [-0.15, -0.1) is 0 Å². The summed E-state index contributed by atoms with van der Waals surface area (Å²) in [7, 11) is -2.19. The summed E-state index contributed by atoms with van der Waals surface area (Å²) in [5.41, 5.74) is 2.29. The highest BCUT2D eigenvalue weighted by Gasteiger charge is 2.27. The van der Waals surface area contributed by atoms with Gasteiger partial charge in [0.1, 0.15) is 6.04 Å². The molecule has 10 heteroatoms. The Hall–Kier alpha value is -0.630. The largest absolute Gasteiger partial charge is 0.368 e. The summed E-state index contributed by atoms with van der Waals surface area (Å²) in [5, 5.41) is 0. The molecule has 0 heterocycles. The van der Waals surface area contributed by atoms with E-state index >= 15 is 0 Å². The highest BCUT2D eigenvalue weighted by Crippen LogP contribution is 2.39. The van der Waals surface area contributed by atoms with Crippen molar-refractivity contribution in [3.63, 3.8) is 0 Å². The molecule has 5 nitrogen and oxygen atoms in total. The first-order valence-corrected chi connectivity index (χ1v) is 8.88. The number of nitrogens with one attached hydrogen (secondary N) is 1. The molecule has 2 unspecified atom stereocenters. The first-order valence-electron chi connectivity index (χ1n) is 5.62. The number of primary amides is 1. The van der Waals surface area contributed by atoms with Crippen LogP contribution >= 0.6 is 25.2 Å². The molecule has 1 rings (SSSR count). The van der Waals surface area contributed by atoms with Crippen LogP contribution in [-0.4, -0.2) is 26.6 Å². The SMILES string of the molecule is CS(=O)(=O)NC(Cc1ccc(C(F)(F)P)c(Br)c1)C(N)=O. The Morgan fingerprint density at radius 1 is 1.52 bits per heavy atom. The van der Waals surface area contributed by atoms with Crippen LogP contribution in [-0.2, 0) is 26.9 Å². The molecule has 1 aromatic carbocycles. The second-order valence-corrected chi connectivity index (χ2v) is 7.85. The number of rotatable bonds is 6. The van der Waals surface area contributed by atoms with E-state index in [9.17, 15) is 22.0 Å². The summed E-state index contributed by atoms with van der Waals surface area (Å²) in [6.07, 6.45) is 0.862. The van der Waals surface area contributed by atoms with E-state index in [-0.39, 0.29) is 16.5 Å². The standard InChI is InChI=1S/C11H14BrF2N2O3PS/c1-21(18,19)16-9(10(15)17)5-6-2-3-7(8(12)4-6)11(13,14)20/h2-4,9,16H,5,20H2,1H3,(H2,15,17). The van der Waals surface area contributed by atoms with Gasteiger partial charge in [0.05, 0.1) is 6.26 Å². The third-order valence-corrected chi connectivity index (χ3v) is 4.21. The van der Waals surface area contributed by atoms with Crippen LogP contribution in [0, 0.1) is 0 Å². The van der Waals surface area contributed by atoms with E-state index in [2.05, 4.69) is 20.7 Å². The number of carbonyl (C=O) groups is 1. The summed E-state index contributed by atoms with van der Waals surface area (Å²) >= 11 is 3.02. The second kappa shape index (κ2) is 6.64. The fourth-order valence-electron chi connectivity index (χ4n) is 1.65. The molecule has 3 N–H and O–H groups in total. The Labute approximate surface area is 132 Å². The van der Waals surface area contributed by atoms with Gasteiger partial charge in [0.15, 0.2) is 0 Å². The van der Waals surface area contributed by atoms with Gasteiger partial charge in [0.25, 0.3) is 5.66 Å². The molecule has 0 aliphatic heterocycles. The highest BCUT2D eigenvalue weighted by molar-refractivity contribution is 9.10. The van der Waals surface area contributed by atoms with Gasteiger partial charge < -0.3 is 5.73 Å². The van der Waals surface area contributed by atoms with Gasteiger partial charge in [-0.1, -0.05) is 37.3 Å². The lowest BCUT2D eigenvalue weighted by Gasteiger charge is -2.16. The fourth-order valence-corrected chi connectivity index (χ4v) is 3.52. The zero-order valence-corrected chi connectivity index (χ0v) is 14.5. The van der Waals surface area contributed by atoms with Crippen molar-refractivity contribution >= 4 is 41.1 Å². The number of sulfonamides is 1. The zero-order chi connectivity index (χ0) is 16.4. The minimum Gasteiger partial charge on any atom is -0.368 e. The van der Waals surface area contributed by atoms with Crippen LogP contribution in [0.1, 0.15) is 11.1 Å². The molecule has 0 radical (unpaired) electrons. The van der Waals surface area contributed by atoms with Crippen LogP contribution in [0.3, 0.4) is 0 Å². The molecule has 0 bridgehead atoms. The van der Waals surface area contributed by atoms with Crippen molar-refractivity contribution in [3.05, 3.63) is 33.8 Å². The third-order valence-electron chi connectivity index (χ3n) is 2.53. The smallest absolute Gasteiger partial charge is 0.284 e. The lowest BCUT2D eigenvalue weighted by Crippen LogP contribution is -2.45. The Kier molecular flexibility index (Phi) is 5.83. The van der Waals surface area contributed by atoms with E-state index in [1.165, 1.54) is 27.4 Å². The zero-order valence-electron chi connectivity index (χ0n) is 10.9. The average molecular weight is 403 g/mol. The summed E-state index contributed by atoms with van der Waals surface area (Å²) in [6.45, 7) is 0. The van der Waals surface area contributed by atoms with Gasteiger partial charge >= 0.3 is 0 Å². The van der Waals surface area contributed by atoms with Crippen LogP contribution < -0.4 is 10.5 Å². The first kappa shape index (κ1) is 18.4. The van der Waals surface area contributed by atoms with Crippen molar-refractivity contribution in [2.24, 2.45) is 5.73 Å². The van der Waals surface area contributed by atoms with E-state index in [1.807, 2.05) is 0 Å². The Morgan fingerprint density at radius 2 is 2.10 bits per heavy atom. The predicted molar refractivity (Wildman–Crippen MR) is 82.4 cm³/mol. The molecule has 0 aromatic heterocycles. The molecule has 0 aliphatic rings. The van der Waals surface area contributed by atoms with Crippen molar-refractivity contribution in [3.8, 4) is 0 Å². The first-order chi connectivity index (χ1) is 9.40. The Bertz CT molecular complexity index is 649. The van der Waals surface area contributed by atoms with Gasteiger partial charge in [0.2, 0.25) is 15.9 Å². The quantitative estimate of drug-likeness (QED) is 0.703. The van der Waals surface area contributed by atoms with E-state index < -0.39 is 27.6 Å². The number of nitrogens with two attached hydrogens (primary N) is 1. The van der Waals surface area contributed by atoms with E-state index in [0.717, 1.165) is 6.26 Å². The summed E-state index contributed by atoms with van der Waals surface area (Å²) in [6, 6.07) is 2.84. The van der Waals surface area contributed by atoms with E-state index in [4.69, 9.17) is 5.73 Å². The topological polar surface area (TPSA) is 89.3 Å². The number of alkyl halides is 2. The van der Waals surface area contributed by atoms with Crippen LogP contribution in [0.15, 0.2) is 22.7 Å². The highest BCUT2D eigenvalue weighted by atomic mass is 79.9. The Morgan fingerprint density at radius 3 is 2.48 bits per heavy atom. The normalized spacial score (nSPS) is 14.0. The van der Waals surface area contributed by atoms with Gasteiger partial charge in [-0.05, 0) is 18.1 Å². The molecule has 0 saturated carbocycles. The van der Waals surface area contributed by atoms with E-state index in [0.29, 0.717) is 5.56 Å². The number of benzene rings is 1. The lowest BCUT2D eigenvalue weighted by atomic mass is 10.0. The average Bonchev–Trinajstić information content (AvgIpc) is 2.24. The van der Waals surface area contributed by atoms with Crippen molar-refractivity contribution in [1.29, 1.82) is 0 Å². The maximum atomic E-state index is 13.2. The third kappa shape index (κ3) is 5.94. The molecule has 2 atom stereocenters. The monoisotopic (exact) mass is 402 g/mol. The number of amides is 1. The summed E-state index contributed by atoms with van der Waals surface area (Å²) < 4.78 is 51.0. The minimum atomic E-state index is -3.62. The van der Waals surface area contributed by atoms with Crippen molar-refractivity contribution in [2.45, 2.75) is 18.1 Å². The van der Waals surface area contributed by atoms with Crippen molar-refractivity contribution in [1.82, 2.24) is 4.72 Å². The minimum absolute atomic E-state index is 0.0380. The van der Waals surface area contributed by atoms with Crippen LogP contribution in [0.25, 0.3) is 0 Å². The lowest BCUT2D eigenvalue weighted by molar-refractivity contribution is -0.119. The molecule has 0 saturated heterocycles. The second-order valence-electron chi connectivity index (χ2n) is 4.49. The van der Waals surface area contributed by atoms with E-state index in [1.54, 1.807) is 0 Å². The molecule has 1 aromatic rings. The molecule has 0 fully saturated rings. The van der Waals surface area contributed by atoms with Crippen molar-refractivity contribution < 1.29 is 22.0 Å². The summed E-state index contributed by atoms with van der Waals surface area (Å²) in [4.78, 5) is 11.3. The maximum Gasteiger partial charge on any atom is 0.284 e. The summed E-state index contributed by atoms with van der Waals surface area (Å²) in [5.74, 6) is -0.850. The van der Waals surface area contributed by atoms with Crippen LogP contribution in [0.4, 0.5) is 8.78 Å². The number of carbonyl (C=O) groups excluding carboxylic acids is 1. The predicted octanol–water partition coefficient (Wildman–Crippen LogP) is 1.32. The number of hydrogen-bond donors (Lipinski definition) is 2. The Balaban J connectivity index is 3.01. The maximum absolute atomic E-state index is 13.2. The molecular weight excluding hydrogens is 389 g/mol. The number of halogens is 3. The van der Waals surface area contributed by atoms with Gasteiger partial charge in [-0.3, -0.25) is 4.79 Å². The van der Waals surface area contributed by atoms with Crippen LogP contribution in [0.5, 0.6) is 0 Å². The molecule has 118 valence electrons. The van der Waals surface area contributed by atoms with Crippen molar-refractivity contribution in [2.75, 3.05) is 6.26 Å². The molecule has 1 amide bonds. The molecular formula is C11H14BrF2N2O3PS. The van der Waals surface area contributed by atoms with Crippen LogP contribution in [0.2, 0.25) is 0 Å². The molecule has 21 heavy (non-hydrogen) atoms. The van der Waals surface area contributed by atoms with Gasteiger partial charge in [-0.2, -0.15) is 8.78 Å². The van der Waals surface area contributed by atoms with Gasteiger partial charge in [0, 0.05) is 10.0 Å². The molecule has 0 spiro atoms.